The first-order valence-electron chi connectivity index (χ1n) is 12.4. The third-order valence-corrected chi connectivity index (χ3v) is 7.08. The fourth-order valence-corrected chi connectivity index (χ4v) is 5.09. The summed E-state index contributed by atoms with van der Waals surface area (Å²) in [4.78, 5) is 35.0. The van der Waals surface area contributed by atoms with E-state index < -0.39 is 0 Å². The van der Waals surface area contributed by atoms with Gasteiger partial charge in [-0.15, -0.1) is 0 Å². The quantitative estimate of drug-likeness (QED) is 0.637. The topological polar surface area (TPSA) is 78.0 Å². The molecule has 0 aliphatic carbocycles. The fourth-order valence-electron chi connectivity index (χ4n) is 5.09. The van der Waals surface area contributed by atoms with Crippen molar-refractivity contribution in [3.63, 3.8) is 0 Å². The summed E-state index contributed by atoms with van der Waals surface area (Å²) >= 11 is 0. The SMILES string of the molecule is CN1C(=O)CCc2cccc(N3CCN(CCCCOc4ccc5c(n4)NC(=O)CC5)CC3)c21. The lowest BCUT2D eigenvalue weighted by Gasteiger charge is -2.39. The molecule has 1 N–H and O–H groups in total. The van der Waals surface area contributed by atoms with Gasteiger partial charge in [-0.2, -0.15) is 4.98 Å². The Morgan fingerprint density at radius 1 is 0.941 bits per heavy atom. The number of anilines is 3. The van der Waals surface area contributed by atoms with Crippen LogP contribution in [-0.4, -0.2) is 68.1 Å². The normalized spacial score (nSPS) is 18.4. The zero-order valence-electron chi connectivity index (χ0n) is 19.9. The number of ether oxygens (including phenoxy) is 1. The van der Waals surface area contributed by atoms with Gasteiger partial charge in [0.25, 0.3) is 0 Å². The first-order chi connectivity index (χ1) is 16.6. The van der Waals surface area contributed by atoms with E-state index in [0.717, 1.165) is 69.7 Å². The van der Waals surface area contributed by atoms with Gasteiger partial charge in [0.05, 0.1) is 18.0 Å². The summed E-state index contributed by atoms with van der Waals surface area (Å²) in [5.41, 5.74) is 4.63. The van der Waals surface area contributed by atoms with Crippen molar-refractivity contribution in [1.82, 2.24) is 9.88 Å². The maximum atomic E-state index is 12.3. The Balaban J connectivity index is 1.06. The van der Waals surface area contributed by atoms with E-state index in [-0.39, 0.29) is 11.8 Å². The molecule has 3 aliphatic heterocycles. The number of piperazine rings is 1. The highest BCUT2D eigenvalue weighted by molar-refractivity contribution is 5.99. The van der Waals surface area contributed by atoms with Gasteiger partial charge in [0.1, 0.15) is 5.82 Å². The molecular formula is C26H33N5O3. The van der Waals surface area contributed by atoms with E-state index in [9.17, 15) is 9.59 Å². The predicted octanol–water partition coefficient (Wildman–Crippen LogP) is 2.86. The van der Waals surface area contributed by atoms with E-state index in [4.69, 9.17) is 4.74 Å². The number of aryl methyl sites for hydroxylation is 2. The third kappa shape index (κ3) is 4.87. The largest absolute Gasteiger partial charge is 0.478 e. The van der Waals surface area contributed by atoms with Crippen LogP contribution in [0.25, 0.3) is 0 Å². The molecule has 1 fully saturated rings. The second-order valence-corrected chi connectivity index (χ2v) is 9.33. The molecule has 0 spiro atoms. The highest BCUT2D eigenvalue weighted by Gasteiger charge is 2.27. The van der Waals surface area contributed by atoms with Gasteiger partial charge in [-0.05, 0) is 55.5 Å². The molecule has 0 saturated carbocycles. The number of fused-ring (bicyclic) bond motifs is 2. The lowest BCUT2D eigenvalue weighted by Crippen LogP contribution is -2.47. The smallest absolute Gasteiger partial charge is 0.227 e. The summed E-state index contributed by atoms with van der Waals surface area (Å²) in [6.07, 6.45) is 4.73. The van der Waals surface area contributed by atoms with Crippen LogP contribution in [0.15, 0.2) is 30.3 Å². The van der Waals surface area contributed by atoms with Gasteiger partial charge >= 0.3 is 0 Å². The number of pyridine rings is 1. The summed E-state index contributed by atoms with van der Waals surface area (Å²) in [5, 5.41) is 2.82. The van der Waals surface area contributed by atoms with Crippen molar-refractivity contribution in [2.75, 3.05) is 61.5 Å². The Morgan fingerprint density at radius 2 is 1.76 bits per heavy atom. The molecule has 0 unspecified atom stereocenters. The lowest BCUT2D eigenvalue weighted by molar-refractivity contribution is -0.118. The molecule has 1 aromatic carbocycles. The van der Waals surface area contributed by atoms with Crippen LogP contribution in [0.2, 0.25) is 0 Å². The van der Waals surface area contributed by atoms with Crippen LogP contribution >= 0.6 is 0 Å². The molecule has 0 bridgehead atoms. The number of rotatable bonds is 7. The molecule has 1 aromatic heterocycles. The minimum Gasteiger partial charge on any atom is -0.478 e. The van der Waals surface area contributed by atoms with Gasteiger partial charge in [0.2, 0.25) is 17.7 Å². The number of hydrogen-bond donors (Lipinski definition) is 1. The Labute approximate surface area is 200 Å². The fraction of sp³-hybridized carbons (Fsp3) is 0.500. The Morgan fingerprint density at radius 3 is 2.62 bits per heavy atom. The van der Waals surface area contributed by atoms with E-state index in [1.807, 2.05) is 24.1 Å². The van der Waals surface area contributed by atoms with Crippen LogP contribution in [0.4, 0.5) is 17.2 Å². The van der Waals surface area contributed by atoms with Crippen molar-refractivity contribution in [3.8, 4) is 5.88 Å². The van der Waals surface area contributed by atoms with Gasteiger partial charge in [-0.25, -0.2) is 0 Å². The molecular weight excluding hydrogens is 430 g/mol. The van der Waals surface area contributed by atoms with Crippen molar-refractivity contribution >= 4 is 29.0 Å². The minimum atomic E-state index is 0.0184. The maximum absolute atomic E-state index is 12.3. The van der Waals surface area contributed by atoms with E-state index in [1.165, 1.54) is 11.3 Å². The standard InChI is InChI=1S/C26H33N5O3/c1-29-24(33)12-9-19-5-4-6-21(25(19)29)31-16-14-30(15-17-31)13-2-3-18-34-23-11-8-20-7-10-22(32)27-26(20)28-23/h4-6,8,11H,2-3,7,9-10,12-18H2,1H3,(H,27,28,32). The number of nitrogens with one attached hydrogen (secondary N) is 1. The van der Waals surface area contributed by atoms with E-state index >= 15 is 0 Å². The number of amides is 2. The van der Waals surface area contributed by atoms with Crippen LogP contribution in [0.3, 0.4) is 0 Å². The van der Waals surface area contributed by atoms with Crippen molar-refractivity contribution in [1.29, 1.82) is 0 Å². The van der Waals surface area contributed by atoms with E-state index in [0.29, 0.717) is 31.1 Å². The lowest BCUT2D eigenvalue weighted by atomic mass is 9.99. The highest BCUT2D eigenvalue weighted by Crippen LogP contribution is 2.37. The molecule has 0 atom stereocenters. The van der Waals surface area contributed by atoms with Gasteiger partial charge in [-0.3, -0.25) is 14.5 Å². The Hall–Kier alpha value is -3.13. The number of benzene rings is 1. The van der Waals surface area contributed by atoms with Crippen molar-refractivity contribution in [2.24, 2.45) is 0 Å². The van der Waals surface area contributed by atoms with Crippen molar-refractivity contribution in [3.05, 3.63) is 41.5 Å². The zero-order chi connectivity index (χ0) is 23.5. The zero-order valence-corrected chi connectivity index (χ0v) is 19.9. The average Bonchev–Trinajstić information content (AvgIpc) is 2.86. The number of hydrogen-bond acceptors (Lipinski definition) is 6. The van der Waals surface area contributed by atoms with Gasteiger partial charge in [0.15, 0.2) is 0 Å². The van der Waals surface area contributed by atoms with Gasteiger partial charge in [0, 0.05) is 52.1 Å². The summed E-state index contributed by atoms with van der Waals surface area (Å²) in [7, 11) is 1.90. The minimum absolute atomic E-state index is 0.0184. The third-order valence-electron chi connectivity index (χ3n) is 7.08. The van der Waals surface area contributed by atoms with E-state index in [2.05, 4.69) is 38.3 Å². The molecule has 34 heavy (non-hydrogen) atoms. The van der Waals surface area contributed by atoms with Crippen LogP contribution < -0.4 is 19.9 Å². The molecule has 4 heterocycles. The van der Waals surface area contributed by atoms with Gasteiger partial charge < -0.3 is 19.9 Å². The second-order valence-electron chi connectivity index (χ2n) is 9.33. The molecule has 2 aromatic rings. The number of para-hydroxylation sites is 1. The number of aromatic nitrogens is 1. The summed E-state index contributed by atoms with van der Waals surface area (Å²) in [5.74, 6) is 1.44. The van der Waals surface area contributed by atoms with Crippen LogP contribution in [0.1, 0.15) is 36.8 Å². The summed E-state index contributed by atoms with van der Waals surface area (Å²) in [6.45, 7) is 5.66. The van der Waals surface area contributed by atoms with Crippen molar-refractivity contribution in [2.45, 2.75) is 38.5 Å². The van der Waals surface area contributed by atoms with Crippen LogP contribution in [0.5, 0.6) is 5.88 Å². The second kappa shape index (κ2) is 10.0. The van der Waals surface area contributed by atoms with Gasteiger partial charge in [-0.1, -0.05) is 12.1 Å². The number of carbonyl (C=O) groups excluding carboxylic acids is 2. The number of unbranched alkanes of at least 4 members (excludes halogenated alkanes) is 1. The molecule has 3 aliphatic rings. The molecule has 8 heteroatoms. The highest BCUT2D eigenvalue weighted by atomic mass is 16.5. The Bertz CT molecular complexity index is 1060. The first kappa shape index (κ1) is 22.7. The van der Waals surface area contributed by atoms with Crippen LogP contribution in [0, 0.1) is 0 Å². The van der Waals surface area contributed by atoms with Crippen LogP contribution in [-0.2, 0) is 22.4 Å². The first-order valence-corrected chi connectivity index (χ1v) is 12.4. The maximum Gasteiger partial charge on any atom is 0.227 e. The summed E-state index contributed by atoms with van der Waals surface area (Å²) in [6, 6.07) is 10.3. The predicted molar refractivity (Wildman–Crippen MR) is 133 cm³/mol. The molecule has 5 rings (SSSR count). The molecule has 0 radical (unpaired) electrons. The van der Waals surface area contributed by atoms with E-state index in [1.54, 1.807) is 0 Å². The average molecular weight is 464 g/mol. The monoisotopic (exact) mass is 463 g/mol. The molecule has 8 nitrogen and oxygen atoms in total. The number of nitrogens with zero attached hydrogens (tertiary/aromatic N) is 4. The summed E-state index contributed by atoms with van der Waals surface area (Å²) < 4.78 is 5.82. The molecule has 2 amide bonds. The molecule has 180 valence electrons. The molecule has 1 saturated heterocycles. The Kier molecular flexibility index (Phi) is 6.67. The number of carbonyl (C=O) groups is 2. The van der Waals surface area contributed by atoms with Crippen molar-refractivity contribution < 1.29 is 14.3 Å².